The molecule has 0 bridgehead atoms. The van der Waals surface area contributed by atoms with Crippen molar-refractivity contribution in [2.45, 2.75) is 45.1 Å². The zero-order valence-electron chi connectivity index (χ0n) is 12.0. The highest BCUT2D eigenvalue weighted by molar-refractivity contribution is 5.78. The summed E-state index contributed by atoms with van der Waals surface area (Å²) in [6.07, 6.45) is 4.38. The first-order chi connectivity index (χ1) is 9.57. The standard InChI is InChI=1S/C14H24N2O4/c1-2-11-10(4-7-20-11)8-15-13(19)16-9-14(12(17)18)5-3-6-14/h10-11H,2-9H2,1H3,(H,17,18)(H2,15,16,19). The summed E-state index contributed by atoms with van der Waals surface area (Å²) >= 11 is 0. The van der Waals surface area contributed by atoms with Crippen molar-refractivity contribution in [2.24, 2.45) is 11.3 Å². The number of hydrogen-bond donors (Lipinski definition) is 3. The van der Waals surface area contributed by atoms with Crippen molar-refractivity contribution in [2.75, 3.05) is 19.7 Å². The summed E-state index contributed by atoms with van der Waals surface area (Å²) in [4.78, 5) is 22.9. The van der Waals surface area contributed by atoms with E-state index < -0.39 is 11.4 Å². The van der Waals surface area contributed by atoms with E-state index in [2.05, 4.69) is 17.6 Å². The molecule has 2 atom stereocenters. The Labute approximate surface area is 119 Å². The van der Waals surface area contributed by atoms with Gasteiger partial charge in [-0.2, -0.15) is 0 Å². The molecule has 2 unspecified atom stereocenters. The topological polar surface area (TPSA) is 87.7 Å². The van der Waals surface area contributed by atoms with E-state index in [1.165, 1.54) is 0 Å². The van der Waals surface area contributed by atoms with Gasteiger partial charge in [-0.25, -0.2) is 4.79 Å². The van der Waals surface area contributed by atoms with E-state index in [1.807, 2.05) is 0 Å². The van der Waals surface area contributed by atoms with E-state index in [4.69, 9.17) is 4.74 Å². The molecule has 3 N–H and O–H groups in total. The minimum absolute atomic E-state index is 0.215. The van der Waals surface area contributed by atoms with Crippen molar-refractivity contribution in [1.82, 2.24) is 10.6 Å². The van der Waals surface area contributed by atoms with Crippen LogP contribution in [0.3, 0.4) is 0 Å². The summed E-state index contributed by atoms with van der Waals surface area (Å²) in [5.41, 5.74) is -0.736. The molecule has 1 aliphatic carbocycles. The smallest absolute Gasteiger partial charge is 0.314 e. The van der Waals surface area contributed by atoms with E-state index in [1.54, 1.807) is 0 Å². The Morgan fingerprint density at radius 2 is 2.10 bits per heavy atom. The molecule has 2 aliphatic rings. The predicted octanol–water partition coefficient (Wildman–Crippen LogP) is 1.36. The van der Waals surface area contributed by atoms with Crippen LogP contribution in [0.2, 0.25) is 0 Å². The van der Waals surface area contributed by atoms with Gasteiger partial charge in [0.25, 0.3) is 0 Å². The molecule has 1 saturated carbocycles. The fourth-order valence-electron chi connectivity index (χ4n) is 2.98. The first-order valence-electron chi connectivity index (χ1n) is 7.44. The molecule has 1 aliphatic heterocycles. The maximum atomic E-state index is 11.7. The van der Waals surface area contributed by atoms with Gasteiger partial charge in [0.1, 0.15) is 0 Å². The number of nitrogens with one attached hydrogen (secondary N) is 2. The minimum Gasteiger partial charge on any atom is -0.481 e. The molecule has 0 aromatic heterocycles. The SMILES string of the molecule is CCC1OCCC1CNC(=O)NCC1(C(=O)O)CCC1. The largest absolute Gasteiger partial charge is 0.481 e. The van der Waals surface area contributed by atoms with Crippen LogP contribution in [0.5, 0.6) is 0 Å². The molecule has 2 amide bonds. The number of hydrogen-bond acceptors (Lipinski definition) is 3. The monoisotopic (exact) mass is 284 g/mol. The second-order valence-corrected chi connectivity index (χ2v) is 5.87. The quantitative estimate of drug-likeness (QED) is 0.687. The van der Waals surface area contributed by atoms with Gasteiger partial charge in [-0.1, -0.05) is 13.3 Å². The summed E-state index contributed by atoms with van der Waals surface area (Å²) in [5.74, 6) is -0.442. The Bertz CT molecular complexity index is 368. The van der Waals surface area contributed by atoms with Gasteiger partial charge in [0.2, 0.25) is 0 Å². The Hall–Kier alpha value is -1.30. The third-order valence-corrected chi connectivity index (χ3v) is 4.63. The number of carbonyl (C=O) groups excluding carboxylic acids is 1. The van der Waals surface area contributed by atoms with Crippen LogP contribution in [0.15, 0.2) is 0 Å². The van der Waals surface area contributed by atoms with Crippen molar-refractivity contribution in [3.8, 4) is 0 Å². The maximum Gasteiger partial charge on any atom is 0.314 e. The maximum absolute atomic E-state index is 11.7. The average Bonchev–Trinajstić information content (AvgIpc) is 2.81. The van der Waals surface area contributed by atoms with Gasteiger partial charge in [0.15, 0.2) is 0 Å². The molecule has 6 nitrogen and oxygen atoms in total. The number of aliphatic carboxylic acids is 1. The van der Waals surface area contributed by atoms with Crippen LogP contribution in [0.4, 0.5) is 4.79 Å². The second kappa shape index (κ2) is 6.43. The highest BCUT2D eigenvalue weighted by Crippen LogP contribution is 2.40. The Balaban J connectivity index is 1.69. The Kier molecular flexibility index (Phi) is 4.86. The number of carbonyl (C=O) groups is 2. The average molecular weight is 284 g/mol. The lowest BCUT2D eigenvalue weighted by molar-refractivity contribution is -0.153. The molecular weight excluding hydrogens is 260 g/mol. The van der Waals surface area contributed by atoms with Gasteiger partial charge < -0.3 is 20.5 Å². The van der Waals surface area contributed by atoms with Gasteiger partial charge in [-0.15, -0.1) is 0 Å². The molecule has 20 heavy (non-hydrogen) atoms. The molecule has 114 valence electrons. The highest BCUT2D eigenvalue weighted by Gasteiger charge is 2.44. The normalized spacial score (nSPS) is 27.6. The van der Waals surface area contributed by atoms with E-state index in [9.17, 15) is 14.7 Å². The predicted molar refractivity (Wildman–Crippen MR) is 73.5 cm³/mol. The van der Waals surface area contributed by atoms with Crippen LogP contribution in [-0.2, 0) is 9.53 Å². The number of amides is 2. The van der Waals surface area contributed by atoms with E-state index in [0.29, 0.717) is 25.3 Å². The van der Waals surface area contributed by atoms with Crippen molar-refractivity contribution in [1.29, 1.82) is 0 Å². The van der Waals surface area contributed by atoms with Gasteiger partial charge in [0.05, 0.1) is 11.5 Å². The van der Waals surface area contributed by atoms with E-state index in [-0.39, 0.29) is 18.7 Å². The van der Waals surface area contributed by atoms with Crippen molar-refractivity contribution >= 4 is 12.0 Å². The van der Waals surface area contributed by atoms with Crippen LogP contribution in [-0.4, -0.2) is 42.9 Å². The van der Waals surface area contributed by atoms with Crippen LogP contribution in [0.1, 0.15) is 39.0 Å². The lowest BCUT2D eigenvalue weighted by atomic mass is 9.69. The zero-order valence-corrected chi connectivity index (χ0v) is 12.0. The van der Waals surface area contributed by atoms with Crippen LogP contribution in [0.25, 0.3) is 0 Å². The number of carboxylic acids is 1. The number of rotatable bonds is 6. The van der Waals surface area contributed by atoms with Crippen molar-refractivity contribution in [3.05, 3.63) is 0 Å². The molecule has 2 fully saturated rings. The zero-order chi connectivity index (χ0) is 14.6. The highest BCUT2D eigenvalue weighted by atomic mass is 16.5. The van der Waals surface area contributed by atoms with Gasteiger partial charge in [-0.05, 0) is 25.7 Å². The van der Waals surface area contributed by atoms with Gasteiger partial charge in [-0.3, -0.25) is 4.79 Å². The molecule has 0 radical (unpaired) electrons. The van der Waals surface area contributed by atoms with Crippen LogP contribution >= 0.6 is 0 Å². The first-order valence-corrected chi connectivity index (χ1v) is 7.44. The number of carboxylic acid groups (broad SMARTS) is 1. The molecule has 1 heterocycles. The minimum atomic E-state index is -0.806. The van der Waals surface area contributed by atoms with E-state index in [0.717, 1.165) is 25.9 Å². The Morgan fingerprint density at radius 3 is 2.65 bits per heavy atom. The molecule has 2 rings (SSSR count). The van der Waals surface area contributed by atoms with E-state index >= 15 is 0 Å². The summed E-state index contributed by atoms with van der Waals surface area (Å²) < 4.78 is 5.57. The molecular formula is C14H24N2O4. The van der Waals surface area contributed by atoms with Gasteiger partial charge in [0, 0.05) is 25.6 Å². The third kappa shape index (κ3) is 3.23. The second-order valence-electron chi connectivity index (χ2n) is 5.87. The van der Waals surface area contributed by atoms with Crippen LogP contribution in [0, 0.1) is 11.3 Å². The lowest BCUT2D eigenvalue weighted by Gasteiger charge is -2.37. The van der Waals surface area contributed by atoms with Crippen LogP contribution < -0.4 is 10.6 Å². The fraction of sp³-hybridized carbons (Fsp3) is 0.857. The summed E-state index contributed by atoms with van der Waals surface area (Å²) in [7, 11) is 0. The summed E-state index contributed by atoms with van der Waals surface area (Å²) in [6, 6.07) is -0.278. The molecule has 6 heteroatoms. The first kappa shape index (κ1) is 15.1. The summed E-state index contributed by atoms with van der Waals surface area (Å²) in [6.45, 7) is 3.64. The molecule has 0 spiro atoms. The van der Waals surface area contributed by atoms with Gasteiger partial charge >= 0.3 is 12.0 Å². The summed E-state index contributed by atoms with van der Waals surface area (Å²) in [5, 5.41) is 14.7. The number of urea groups is 1. The molecule has 1 saturated heterocycles. The number of ether oxygens (including phenoxy) is 1. The molecule has 0 aromatic rings. The van der Waals surface area contributed by atoms with Crippen molar-refractivity contribution in [3.63, 3.8) is 0 Å². The van der Waals surface area contributed by atoms with Crippen molar-refractivity contribution < 1.29 is 19.4 Å². The third-order valence-electron chi connectivity index (χ3n) is 4.63. The lowest BCUT2D eigenvalue weighted by Crippen LogP contribution is -2.50. The molecule has 0 aromatic carbocycles. The Morgan fingerprint density at radius 1 is 1.35 bits per heavy atom. The fourth-order valence-corrected chi connectivity index (χ4v) is 2.98.